The molecule has 1 aromatic carbocycles. The number of Topliss-reactive ketones (excluding diaryl/α,β-unsaturated/α-hetero) is 1. The van der Waals surface area contributed by atoms with Crippen LogP contribution in [0.5, 0.6) is 0 Å². The van der Waals surface area contributed by atoms with Gasteiger partial charge in [-0.2, -0.15) is 4.57 Å². The molecule has 2 aromatic rings. The molecule has 0 amide bonds. The minimum absolute atomic E-state index is 0. The van der Waals surface area contributed by atoms with E-state index in [2.05, 4.69) is 15.9 Å². The Labute approximate surface area is 158 Å². The predicted octanol–water partition coefficient (Wildman–Crippen LogP) is 3.21. The zero-order valence-corrected chi connectivity index (χ0v) is 16.8. The second-order valence-electron chi connectivity index (χ2n) is 5.23. The number of aromatic nitrogens is 1. The lowest BCUT2D eigenvalue weighted by atomic mass is 9.94. The molecule has 0 bridgehead atoms. The lowest BCUT2D eigenvalue weighted by Crippen LogP contribution is -2.37. The van der Waals surface area contributed by atoms with Gasteiger partial charge in [0.05, 0.1) is 9.40 Å². The lowest BCUT2D eigenvalue weighted by molar-refractivity contribution is -0.683. The lowest BCUT2D eigenvalue weighted by Gasteiger charge is -2.10. The molecule has 1 aromatic heterocycles. The molecular weight excluding hydrogens is 444 g/mol. The van der Waals surface area contributed by atoms with E-state index in [0.29, 0.717) is 16.7 Å². The van der Waals surface area contributed by atoms with Crippen molar-refractivity contribution < 1.29 is 19.8 Å². The van der Waals surface area contributed by atoms with Crippen LogP contribution in [0.25, 0.3) is 0 Å². The predicted molar refractivity (Wildman–Crippen MR) is 99.9 cm³/mol. The second kappa shape index (κ2) is 9.00. The van der Waals surface area contributed by atoms with Gasteiger partial charge >= 0.3 is 0 Å². The van der Waals surface area contributed by atoms with E-state index in [9.17, 15) is 14.9 Å². The van der Waals surface area contributed by atoms with E-state index >= 15 is 0 Å². The first kappa shape index (κ1) is 22.4. The summed E-state index contributed by atoms with van der Waals surface area (Å²) in [5.41, 5.74) is 2.23. The molecule has 8 heteroatoms. The van der Waals surface area contributed by atoms with Gasteiger partial charge in [-0.3, -0.25) is 14.9 Å². The van der Waals surface area contributed by atoms with E-state index in [1.807, 2.05) is 19.1 Å². The summed E-state index contributed by atoms with van der Waals surface area (Å²) in [6.07, 6.45) is 3.58. The highest BCUT2D eigenvalue weighted by Gasteiger charge is 2.25. The van der Waals surface area contributed by atoms with Gasteiger partial charge in [0, 0.05) is 22.8 Å². The molecule has 0 spiro atoms. The molecule has 0 fully saturated rings. The van der Waals surface area contributed by atoms with Crippen molar-refractivity contribution in [2.75, 3.05) is 0 Å². The third-order valence-electron chi connectivity index (χ3n) is 3.54. The van der Waals surface area contributed by atoms with E-state index < -0.39 is 4.92 Å². The van der Waals surface area contributed by atoms with Gasteiger partial charge in [-0.1, -0.05) is 0 Å². The Kier molecular flexibility index (Phi) is 8.39. The van der Waals surface area contributed by atoms with E-state index in [1.165, 1.54) is 0 Å². The van der Waals surface area contributed by atoms with Crippen molar-refractivity contribution in [2.45, 2.75) is 27.3 Å². The van der Waals surface area contributed by atoms with Crippen LogP contribution in [0.4, 0.5) is 5.69 Å². The van der Waals surface area contributed by atoms with Crippen molar-refractivity contribution in [3.05, 3.63) is 67.4 Å². The highest BCUT2D eigenvalue weighted by atomic mass is 79.9. The number of hydrogen-bond acceptors (Lipinski definition) is 3. The van der Waals surface area contributed by atoms with Crippen LogP contribution in [0.3, 0.4) is 0 Å². The number of carbonyl (C=O) groups excluding carboxylic acids is 1. The first-order valence-electron chi connectivity index (χ1n) is 6.74. The molecule has 2 rings (SSSR count). The standard InChI is InChI=1S/C16H16BrN2O3.BrH.H2O/c1-10-7-11(2)16(19(21)22)12(3)15(10)14(20)9-18-6-4-5-13(17)8-18;;/h4-8H,9H2,1-3H3;1H;1H2/q+1;;. The summed E-state index contributed by atoms with van der Waals surface area (Å²) < 4.78 is 2.61. The van der Waals surface area contributed by atoms with E-state index in [4.69, 9.17) is 0 Å². The van der Waals surface area contributed by atoms with Gasteiger partial charge in [-0.25, -0.2) is 0 Å². The average Bonchev–Trinajstić information content (AvgIpc) is 2.37. The van der Waals surface area contributed by atoms with Gasteiger partial charge in [0.2, 0.25) is 12.3 Å². The molecule has 0 radical (unpaired) electrons. The third-order valence-corrected chi connectivity index (χ3v) is 4.01. The number of nitrogens with zero attached hydrogens (tertiary/aromatic N) is 2. The Morgan fingerprint density at radius 1 is 1.29 bits per heavy atom. The second-order valence-corrected chi connectivity index (χ2v) is 6.15. The van der Waals surface area contributed by atoms with Crippen molar-refractivity contribution in [2.24, 2.45) is 0 Å². The highest BCUT2D eigenvalue weighted by Crippen LogP contribution is 2.29. The molecule has 0 atom stereocenters. The highest BCUT2D eigenvalue weighted by molar-refractivity contribution is 9.10. The minimum atomic E-state index is -0.423. The van der Waals surface area contributed by atoms with Gasteiger partial charge in [0.25, 0.3) is 5.69 Å². The fourth-order valence-electron chi connectivity index (χ4n) is 2.72. The summed E-state index contributed by atoms with van der Waals surface area (Å²) in [6.45, 7) is 5.27. The Hall–Kier alpha value is -1.64. The van der Waals surface area contributed by atoms with E-state index in [1.54, 1.807) is 36.9 Å². The van der Waals surface area contributed by atoms with Crippen LogP contribution in [0.2, 0.25) is 0 Å². The van der Waals surface area contributed by atoms with Crippen LogP contribution >= 0.6 is 32.9 Å². The Morgan fingerprint density at radius 3 is 2.46 bits per heavy atom. The largest absolute Gasteiger partial charge is 0.412 e. The van der Waals surface area contributed by atoms with E-state index in [0.717, 1.165) is 10.0 Å². The van der Waals surface area contributed by atoms with E-state index in [-0.39, 0.29) is 40.5 Å². The molecule has 1 heterocycles. The molecule has 6 nitrogen and oxygen atoms in total. The summed E-state index contributed by atoms with van der Waals surface area (Å²) in [5.74, 6) is -0.138. The molecule has 0 aliphatic heterocycles. The summed E-state index contributed by atoms with van der Waals surface area (Å²) in [6, 6.07) is 5.40. The van der Waals surface area contributed by atoms with Gasteiger partial charge in [0.15, 0.2) is 12.4 Å². The SMILES string of the molecule is Br.Cc1cc(C)c([N+](=O)[O-])c(C)c1C(=O)C[n+]1cccc(Br)c1.O. The summed E-state index contributed by atoms with van der Waals surface area (Å²) in [5, 5.41) is 11.2. The summed E-state index contributed by atoms with van der Waals surface area (Å²) >= 11 is 3.36. The van der Waals surface area contributed by atoms with Gasteiger partial charge < -0.3 is 5.48 Å². The van der Waals surface area contributed by atoms with Crippen molar-refractivity contribution >= 4 is 44.4 Å². The molecule has 0 saturated heterocycles. The molecule has 2 N–H and O–H groups in total. The number of nitro benzene ring substituents is 1. The number of halogens is 2. The molecular formula is C16H19Br2N2O4+. The first-order valence-corrected chi connectivity index (χ1v) is 7.53. The van der Waals surface area contributed by atoms with Crippen molar-refractivity contribution in [1.29, 1.82) is 0 Å². The van der Waals surface area contributed by atoms with Crippen LogP contribution < -0.4 is 4.57 Å². The number of pyridine rings is 1. The van der Waals surface area contributed by atoms with Gasteiger partial charge in [-0.05, 0) is 54.4 Å². The topological polar surface area (TPSA) is 95.6 Å². The zero-order chi connectivity index (χ0) is 16.4. The maximum absolute atomic E-state index is 12.6. The summed E-state index contributed by atoms with van der Waals surface area (Å²) in [4.78, 5) is 23.4. The van der Waals surface area contributed by atoms with Crippen LogP contribution in [0.15, 0.2) is 35.1 Å². The zero-order valence-electron chi connectivity index (χ0n) is 13.5. The smallest absolute Gasteiger partial charge is 0.275 e. The third kappa shape index (κ3) is 4.68. The fraction of sp³-hybridized carbons (Fsp3) is 0.250. The van der Waals surface area contributed by atoms with Gasteiger partial charge in [-0.15, -0.1) is 17.0 Å². The van der Waals surface area contributed by atoms with Crippen LogP contribution in [0, 0.1) is 30.9 Å². The number of hydrogen-bond donors (Lipinski definition) is 0. The first-order chi connectivity index (χ1) is 10.3. The van der Waals surface area contributed by atoms with Crippen LogP contribution in [0.1, 0.15) is 27.0 Å². The maximum atomic E-state index is 12.6. The average molecular weight is 463 g/mol. The monoisotopic (exact) mass is 461 g/mol. The molecule has 0 aliphatic carbocycles. The number of benzene rings is 1. The Morgan fingerprint density at radius 2 is 1.92 bits per heavy atom. The summed E-state index contributed by atoms with van der Waals surface area (Å²) in [7, 11) is 0. The maximum Gasteiger partial charge on any atom is 0.275 e. The number of carbonyl (C=O) groups is 1. The number of rotatable bonds is 4. The molecule has 130 valence electrons. The van der Waals surface area contributed by atoms with Crippen LogP contribution in [-0.2, 0) is 6.54 Å². The van der Waals surface area contributed by atoms with Crippen molar-refractivity contribution in [3.8, 4) is 0 Å². The normalized spacial score (nSPS) is 9.67. The van der Waals surface area contributed by atoms with Crippen LogP contribution in [-0.4, -0.2) is 16.2 Å². The fourth-order valence-corrected chi connectivity index (χ4v) is 3.13. The quantitative estimate of drug-likeness (QED) is 0.302. The molecule has 24 heavy (non-hydrogen) atoms. The van der Waals surface area contributed by atoms with Crippen molar-refractivity contribution in [3.63, 3.8) is 0 Å². The number of aryl methyl sites for hydroxylation is 2. The molecule has 0 unspecified atom stereocenters. The Balaban J connectivity index is 0.00000264. The number of ketones is 1. The Bertz CT molecular complexity index is 779. The van der Waals surface area contributed by atoms with Crippen molar-refractivity contribution in [1.82, 2.24) is 0 Å². The number of nitro groups is 1. The molecule has 0 saturated carbocycles. The van der Waals surface area contributed by atoms with Gasteiger partial charge in [0.1, 0.15) is 0 Å². The minimum Gasteiger partial charge on any atom is -0.412 e. The molecule has 0 aliphatic rings.